The normalized spacial score (nSPS) is 14.6. The third-order valence-electron chi connectivity index (χ3n) is 3.96. The Bertz CT molecular complexity index is 937. The summed E-state index contributed by atoms with van der Waals surface area (Å²) in [6, 6.07) is 7.12. The van der Waals surface area contributed by atoms with Gasteiger partial charge in [-0.1, -0.05) is 6.07 Å². The van der Waals surface area contributed by atoms with Gasteiger partial charge in [0.2, 0.25) is 0 Å². The summed E-state index contributed by atoms with van der Waals surface area (Å²) in [5, 5.41) is 7.56. The van der Waals surface area contributed by atoms with E-state index in [4.69, 9.17) is 15.2 Å². The van der Waals surface area contributed by atoms with Crippen LogP contribution in [0.3, 0.4) is 0 Å². The number of carbonyl (C=O) groups excluding carboxylic acids is 1. The topological polar surface area (TPSA) is 104 Å². The molecule has 4 rings (SSSR count). The lowest BCUT2D eigenvalue weighted by atomic mass is 10.1. The van der Waals surface area contributed by atoms with Gasteiger partial charge in [-0.15, -0.1) is 0 Å². The molecule has 0 aliphatic carbocycles. The molecule has 0 saturated carbocycles. The van der Waals surface area contributed by atoms with Crippen molar-refractivity contribution in [3.8, 4) is 16.9 Å². The first-order chi connectivity index (χ1) is 12.2. The molecular weight excluding hydrogens is 322 g/mol. The molecule has 0 unspecified atom stereocenters. The van der Waals surface area contributed by atoms with Crippen LogP contribution in [0.1, 0.15) is 10.4 Å². The van der Waals surface area contributed by atoms with Crippen LogP contribution in [0.25, 0.3) is 16.8 Å². The zero-order valence-corrected chi connectivity index (χ0v) is 13.4. The predicted molar refractivity (Wildman–Crippen MR) is 91.7 cm³/mol. The highest BCUT2D eigenvalue weighted by Crippen LogP contribution is 2.30. The first-order valence-corrected chi connectivity index (χ1v) is 7.95. The van der Waals surface area contributed by atoms with Crippen molar-refractivity contribution in [2.45, 2.75) is 0 Å². The summed E-state index contributed by atoms with van der Waals surface area (Å²) in [6.07, 6.45) is 3.58. The molecule has 2 aromatic heterocycles. The molecule has 128 valence electrons. The average molecular weight is 339 g/mol. The molecule has 4 bridgehead atoms. The Hall–Kier alpha value is -3.13. The van der Waals surface area contributed by atoms with Gasteiger partial charge in [0.15, 0.2) is 5.65 Å². The predicted octanol–water partition coefficient (Wildman–Crippen LogP) is 1.32. The standard InChI is InChI=1S/C17H17N5O3/c18-16(23)12-2-1-11-9-14(12)25-8-7-24-6-4-19-15-3-5-22-17(21-15)13(11)10-20-22/h1-3,5,9-10H,4,6-8H2,(H2,18,23)(H,19,21). The maximum absolute atomic E-state index is 11.6. The van der Waals surface area contributed by atoms with E-state index in [-0.39, 0.29) is 0 Å². The van der Waals surface area contributed by atoms with Gasteiger partial charge in [0.05, 0.1) is 25.0 Å². The van der Waals surface area contributed by atoms with E-state index in [2.05, 4.69) is 15.4 Å². The van der Waals surface area contributed by atoms with E-state index in [1.165, 1.54) is 0 Å². The van der Waals surface area contributed by atoms with Gasteiger partial charge in [-0.05, 0) is 23.8 Å². The van der Waals surface area contributed by atoms with E-state index in [9.17, 15) is 4.79 Å². The summed E-state index contributed by atoms with van der Waals surface area (Å²) >= 11 is 0. The molecule has 8 nitrogen and oxygen atoms in total. The van der Waals surface area contributed by atoms with Crippen molar-refractivity contribution in [2.24, 2.45) is 5.73 Å². The minimum atomic E-state index is -0.534. The molecule has 0 saturated heterocycles. The Morgan fingerprint density at radius 3 is 3.04 bits per heavy atom. The molecule has 1 amide bonds. The Morgan fingerprint density at radius 1 is 1.24 bits per heavy atom. The first kappa shape index (κ1) is 15.4. The molecule has 3 N–H and O–H groups in total. The summed E-state index contributed by atoms with van der Waals surface area (Å²) < 4.78 is 12.9. The third-order valence-corrected chi connectivity index (χ3v) is 3.96. The Labute approximate surface area is 143 Å². The fraction of sp³-hybridized carbons (Fsp3) is 0.235. The van der Waals surface area contributed by atoms with Gasteiger partial charge >= 0.3 is 0 Å². The van der Waals surface area contributed by atoms with Gasteiger partial charge in [0.1, 0.15) is 18.2 Å². The number of primary amides is 1. The lowest BCUT2D eigenvalue weighted by Crippen LogP contribution is -2.17. The molecule has 25 heavy (non-hydrogen) atoms. The second-order valence-electron chi connectivity index (χ2n) is 5.60. The Morgan fingerprint density at radius 2 is 2.16 bits per heavy atom. The highest BCUT2D eigenvalue weighted by Gasteiger charge is 2.15. The maximum atomic E-state index is 11.6. The minimum Gasteiger partial charge on any atom is -0.490 e. The summed E-state index contributed by atoms with van der Waals surface area (Å²) in [4.78, 5) is 16.3. The van der Waals surface area contributed by atoms with Gasteiger partial charge < -0.3 is 20.5 Å². The van der Waals surface area contributed by atoms with Crippen LogP contribution in [0.15, 0.2) is 36.7 Å². The fourth-order valence-electron chi connectivity index (χ4n) is 2.75. The smallest absolute Gasteiger partial charge is 0.252 e. The molecule has 1 aliphatic rings. The largest absolute Gasteiger partial charge is 0.490 e. The van der Waals surface area contributed by atoms with Crippen LogP contribution in [0, 0.1) is 0 Å². The fourth-order valence-corrected chi connectivity index (χ4v) is 2.75. The number of nitrogens with zero attached hydrogens (tertiary/aromatic N) is 3. The average Bonchev–Trinajstić information content (AvgIpc) is 3.03. The number of nitrogens with one attached hydrogen (secondary N) is 1. The van der Waals surface area contributed by atoms with Crippen LogP contribution in [0.2, 0.25) is 0 Å². The van der Waals surface area contributed by atoms with Gasteiger partial charge in [-0.3, -0.25) is 4.79 Å². The lowest BCUT2D eigenvalue weighted by Gasteiger charge is -2.13. The lowest BCUT2D eigenvalue weighted by molar-refractivity contribution is 0.0975. The van der Waals surface area contributed by atoms with Gasteiger partial charge in [-0.2, -0.15) is 5.10 Å². The number of ether oxygens (including phenoxy) is 2. The maximum Gasteiger partial charge on any atom is 0.252 e. The molecule has 0 spiro atoms. The van der Waals surface area contributed by atoms with Crippen LogP contribution in [-0.2, 0) is 4.74 Å². The first-order valence-electron chi connectivity index (χ1n) is 7.95. The van der Waals surface area contributed by atoms with Crippen molar-refractivity contribution in [3.05, 3.63) is 42.2 Å². The number of carbonyl (C=O) groups is 1. The second-order valence-corrected chi connectivity index (χ2v) is 5.60. The molecule has 8 heteroatoms. The summed E-state index contributed by atoms with van der Waals surface area (Å²) in [5.74, 6) is 0.646. The quantitative estimate of drug-likeness (QED) is 0.693. The highest BCUT2D eigenvalue weighted by atomic mass is 16.5. The van der Waals surface area contributed by atoms with E-state index in [1.807, 2.05) is 18.3 Å². The SMILES string of the molecule is NC(=O)c1ccc2cc1OCCOCCNc1ccn3ncc-2c3n1. The summed E-state index contributed by atoms with van der Waals surface area (Å²) in [6.45, 7) is 1.89. The third kappa shape index (κ3) is 2.99. The van der Waals surface area contributed by atoms with Crippen molar-refractivity contribution >= 4 is 17.4 Å². The van der Waals surface area contributed by atoms with E-state index in [0.717, 1.165) is 16.9 Å². The zero-order valence-electron chi connectivity index (χ0n) is 13.4. The summed E-state index contributed by atoms with van der Waals surface area (Å²) in [5.41, 5.74) is 8.18. The number of hydrogen-bond acceptors (Lipinski definition) is 6. The molecule has 0 radical (unpaired) electrons. The number of aromatic nitrogens is 3. The minimum absolute atomic E-state index is 0.330. The van der Waals surface area contributed by atoms with Crippen LogP contribution < -0.4 is 15.8 Å². The number of nitrogens with two attached hydrogens (primary N) is 1. The van der Waals surface area contributed by atoms with E-state index < -0.39 is 5.91 Å². The van der Waals surface area contributed by atoms with Crippen molar-refractivity contribution in [1.82, 2.24) is 14.6 Å². The molecule has 3 heterocycles. The Balaban J connectivity index is 1.86. The summed E-state index contributed by atoms with van der Waals surface area (Å²) in [7, 11) is 0. The molecular formula is C17H17N5O3. The van der Waals surface area contributed by atoms with Crippen LogP contribution in [0.5, 0.6) is 5.75 Å². The second kappa shape index (κ2) is 6.40. The number of rotatable bonds is 1. The Kier molecular flexibility index (Phi) is 3.95. The number of amides is 1. The zero-order chi connectivity index (χ0) is 17.2. The molecule has 0 atom stereocenters. The van der Waals surface area contributed by atoms with Crippen LogP contribution in [-0.4, -0.2) is 46.9 Å². The van der Waals surface area contributed by atoms with Crippen molar-refractivity contribution in [3.63, 3.8) is 0 Å². The van der Waals surface area contributed by atoms with E-state index >= 15 is 0 Å². The monoisotopic (exact) mass is 339 g/mol. The van der Waals surface area contributed by atoms with Gasteiger partial charge in [0.25, 0.3) is 5.91 Å². The number of hydrogen-bond donors (Lipinski definition) is 2. The van der Waals surface area contributed by atoms with Crippen LogP contribution >= 0.6 is 0 Å². The highest BCUT2D eigenvalue weighted by molar-refractivity contribution is 5.96. The van der Waals surface area contributed by atoms with Crippen LogP contribution in [0.4, 0.5) is 5.82 Å². The van der Waals surface area contributed by atoms with E-state index in [0.29, 0.717) is 43.3 Å². The molecule has 0 fully saturated rings. The molecule has 1 aromatic carbocycles. The van der Waals surface area contributed by atoms with E-state index in [1.54, 1.807) is 22.8 Å². The van der Waals surface area contributed by atoms with Crippen molar-refractivity contribution < 1.29 is 14.3 Å². The molecule has 1 aliphatic heterocycles. The molecule has 3 aromatic rings. The van der Waals surface area contributed by atoms with Crippen molar-refractivity contribution in [1.29, 1.82) is 0 Å². The van der Waals surface area contributed by atoms with Gasteiger partial charge in [-0.25, -0.2) is 9.50 Å². The number of benzene rings is 1. The number of fused-ring (bicyclic) bond motifs is 4. The number of anilines is 1. The van der Waals surface area contributed by atoms with Gasteiger partial charge in [0, 0.05) is 18.3 Å². The van der Waals surface area contributed by atoms with Crippen molar-refractivity contribution in [2.75, 3.05) is 31.7 Å².